The van der Waals surface area contributed by atoms with Crippen LogP contribution in [-0.4, -0.2) is 64.9 Å². The summed E-state index contributed by atoms with van der Waals surface area (Å²) in [5, 5.41) is 3.78. The average Bonchev–Trinajstić information content (AvgIpc) is 2.89. The Morgan fingerprint density at radius 1 is 1.05 bits per heavy atom. The topological polar surface area (TPSA) is 106 Å². The number of hydrogen-bond acceptors (Lipinski definition) is 7. The number of ether oxygens (including phenoxy) is 1. The number of nitrogens with zero attached hydrogens (tertiary/aromatic N) is 4. The zero-order valence-corrected chi connectivity index (χ0v) is 22.5. The molecule has 0 aliphatic carbocycles. The standard InChI is InChI=1S/C27H35N5O4S/c1-18(2)37(34,35)31-12-8-21(9-13-31)29-27-28-17-20-16-24(23-7-5-4-6-19(23)3)26(33)32(25(20)30-27)22-10-14-36-15-11-22/h4-7,16-18,21-22H,8-15H2,1-3H3,(H,28,29,30). The Labute approximate surface area is 217 Å². The monoisotopic (exact) mass is 525 g/mol. The lowest BCUT2D eigenvalue weighted by Gasteiger charge is -2.32. The summed E-state index contributed by atoms with van der Waals surface area (Å²) in [5.74, 6) is 0.460. The van der Waals surface area contributed by atoms with Crippen molar-refractivity contribution in [2.24, 2.45) is 0 Å². The van der Waals surface area contributed by atoms with Crippen molar-refractivity contribution in [3.05, 3.63) is 52.4 Å². The molecule has 10 heteroatoms. The SMILES string of the molecule is Cc1ccccc1-c1cc2cnc(NC3CCN(S(=O)(=O)C(C)C)CC3)nc2n(C2CCOCC2)c1=O. The van der Waals surface area contributed by atoms with E-state index in [-0.39, 0.29) is 17.6 Å². The molecule has 2 saturated heterocycles. The van der Waals surface area contributed by atoms with E-state index in [2.05, 4.69) is 10.3 Å². The molecule has 4 heterocycles. The first kappa shape index (κ1) is 25.8. The molecule has 0 atom stereocenters. The van der Waals surface area contributed by atoms with Crippen molar-refractivity contribution < 1.29 is 13.2 Å². The van der Waals surface area contributed by atoms with Crippen molar-refractivity contribution >= 4 is 27.0 Å². The summed E-state index contributed by atoms with van der Waals surface area (Å²) in [6, 6.07) is 9.88. The van der Waals surface area contributed by atoms with E-state index in [4.69, 9.17) is 9.72 Å². The summed E-state index contributed by atoms with van der Waals surface area (Å²) < 4.78 is 34.0. The summed E-state index contributed by atoms with van der Waals surface area (Å²) in [4.78, 5) is 23.3. The maximum atomic E-state index is 13.9. The molecule has 0 spiro atoms. The number of sulfonamides is 1. The molecule has 2 fully saturated rings. The van der Waals surface area contributed by atoms with E-state index >= 15 is 0 Å². The van der Waals surface area contributed by atoms with E-state index in [9.17, 15) is 13.2 Å². The molecule has 2 aliphatic rings. The van der Waals surface area contributed by atoms with Crippen LogP contribution in [0.15, 0.2) is 41.3 Å². The highest BCUT2D eigenvalue weighted by Gasteiger charge is 2.30. The molecule has 0 saturated carbocycles. The predicted molar refractivity (Wildman–Crippen MR) is 145 cm³/mol. The number of piperidine rings is 1. The van der Waals surface area contributed by atoms with Crippen LogP contribution in [0.4, 0.5) is 5.95 Å². The van der Waals surface area contributed by atoms with Gasteiger partial charge in [-0.05, 0) is 63.6 Å². The van der Waals surface area contributed by atoms with E-state index in [1.165, 1.54) is 0 Å². The molecule has 1 aromatic carbocycles. The Morgan fingerprint density at radius 3 is 2.43 bits per heavy atom. The lowest BCUT2D eigenvalue weighted by Crippen LogP contribution is -2.45. The lowest BCUT2D eigenvalue weighted by molar-refractivity contribution is 0.0697. The summed E-state index contributed by atoms with van der Waals surface area (Å²) in [7, 11) is -3.25. The van der Waals surface area contributed by atoms with Gasteiger partial charge in [-0.15, -0.1) is 0 Å². The molecule has 1 N–H and O–H groups in total. The Kier molecular flexibility index (Phi) is 7.33. The molecule has 0 unspecified atom stereocenters. The van der Waals surface area contributed by atoms with E-state index in [1.807, 2.05) is 41.8 Å². The predicted octanol–water partition coefficient (Wildman–Crippen LogP) is 3.73. The normalized spacial score (nSPS) is 18.5. The Bertz CT molecular complexity index is 1440. The zero-order valence-electron chi connectivity index (χ0n) is 21.7. The van der Waals surface area contributed by atoms with Gasteiger partial charge in [0, 0.05) is 55.5 Å². The second-order valence-electron chi connectivity index (χ2n) is 10.3. The number of aromatic nitrogens is 3. The fourth-order valence-corrected chi connectivity index (χ4v) is 6.59. The van der Waals surface area contributed by atoms with Gasteiger partial charge in [0.25, 0.3) is 5.56 Å². The van der Waals surface area contributed by atoms with E-state index in [0.717, 1.165) is 29.4 Å². The van der Waals surface area contributed by atoms with E-state index in [0.29, 0.717) is 56.3 Å². The molecular formula is C27H35N5O4S. The third-order valence-corrected chi connectivity index (χ3v) is 9.78. The van der Waals surface area contributed by atoms with Crippen molar-refractivity contribution in [2.75, 3.05) is 31.6 Å². The van der Waals surface area contributed by atoms with Crippen molar-refractivity contribution in [3.8, 4) is 11.1 Å². The Balaban J connectivity index is 1.48. The minimum atomic E-state index is -3.25. The fourth-order valence-electron chi connectivity index (χ4n) is 5.28. The van der Waals surface area contributed by atoms with Crippen molar-refractivity contribution in [1.82, 2.24) is 18.8 Å². The van der Waals surface area contributed by atoms with Crippen molar-refractivity contribution in [2.45, 2.75) is 63.8 Å². The molecular weight excluding hydrogens is 490 g/mol. The number of pyridine rings is 1. The van der Waals surface area contributed by atoms with Crippen LogP contribution in [0.1, 0.15) is 51.1 Å². The maximum Gasteiger partial charge on any atom is 0.260 e. The smallest absolute Gasteiger partial charge is 0.260 e. The van der Waals surface area contributed by atoms with Gasteiger partial charge in [0.15, 0.2) is 0 Å². The molecule has 198 valence electrons. The van der Waals surface area contributed by atoms with Crippen LogP contribution in [-0.2, 0) is 14.8 Å². The Hall–Kier alpha value is -2.82. The first-order valence-corrected chi connectivity index (χ1v) is 14.6. The molecule has 2 aliphatic heterocycles. The van der Waals surface area contributed by atoms with E-state index < -0.39 is 15.3 Å². The van der Waals surface area contributed by atoms with Crippen molar-refractivity contribution in [3.63, 3.8) is 0 Å². The molecule has 9 nitrogen and oxygen atoms in total. The van der Waals surface area contributed by atoms with Gasteiger partial charge in [-0.3, -0.25) is 9.36 Å². The first-order valence-electron chi connectivity index (χ1n) is 13.1. The molecule has 0 amide bonds. The summed E-state index contributed by atoms with van der Waals surface area (Å²) >= 11 is 0. The van der Waals surface area contributed by atoms with Gasteiger partial charge in [0.05, 0.1) is 5.25 Å². The largest absolute Gasteiger partial charge is 0.381 e. The summed E-state index contributed by atoms with van der Waals surface area (Å²) in [5.41, 5.74) is 3.18. The second kappa shape index (κ2) is 10.5. The number of rotatable bonds is 6. The first-order chi connectivity index (χ1) is 17.8. The van der Waals surface area contributed by atoms with Gasteiger partial charge in [-0.1, -0.05) is 24.3 Å². The highest BCUT2D eigenvalue weighted by Crippen LogP contribution is 2.28. The zero-order chi connectivity index (χ0) is 26.2. The maximum absolute atomic E-state index is 13.9. The van der Waals surface area contributed by atoms with Crippen LogP contribution in [0, 0.1) is 6.92 Å². The van der Waals surface area contributed by atoms with Gasteiger partial charge in [-0.25, -0.2) is 17.7 Å². The minimum Gasteiger partial charge on any atom is -0.381 e. The molecule has 5 rings (SSSR count). The highest BCUT2D eigenvalue weighted by molar-refractivity contribution is 7.89. The highest BCUT2D eigenvalue weighted by atomic mass is 32.2. The van der Waals surface area contributed by atoms with Gasteiger partial charge < -0.3 is 10.1 Å². The third-order valence-electron chi connectivity index (χ3n) is 7.51. The lowest BCUT2D eigenvalue weighted by atomic mass is 10.00. The van der Waals surface area contributed by atoms with E-state index in [1.54, 1.807) is 24.3 Å². The number of fused-ring (bicyclic) bond motifs is 1. The van der Waals surface area contributed by atoms with Crippen LogP contribution in [0.3, 0.4) is 0 Å². The Morgan fingerprint density at radius 2 is 1.76 bits per heavy atom. The van der Waals surface area contributed by atoms with Crippen LogP contribution in [0.5, 0.6) is 0 Å². The molecule has 2 aromatic heterocycles. The number of nitrogens with one attached hydrogen (secondary N) is 1. The van der Waals surface area contributed by atoms with Crippen LogP contribution >= 0.6 is 0 Å². The summed E-state index contributed by atoms with van der Waals surface area (Å²) in [6.07, 6.45) is 4.63. The third kappa shape index (κ3) is 5.15. The van der Waals surface area contributed by atoms with Crippen LogP contribution in [0.25, 0.3) is 22.2 Å². The quantitative estimate of drug-likeness (QED) is 0.523. The molecule has 0 bridgehead atoms. The second-order valence-corrected chi connectivity index (χ2v) is 12.8. The van der Waals surface area contributed by atoms with Crippen LogP contribution in [0.2, 0.25) is 0 Å². The van der Waals surface area contributed by atoms with Gasteiger partial charge in [0.1, 0.15) is 5.65 Å². The van der Waals surface area contributed by atoms with Crippen molar-refractivity contribution in [1.29, 1.82) is 0 Å². The number of benzene rings is 1. The average molecular weight is 526 g/mol. The summed E-state index contributed by atoms with van der Waals surface area (Å²) in [6.45, 7) is 7.61. The molecule has 37 heavy (non-hydrogen) atoms. The fraction of sp³-hybridized carbons (Fsp3) is 0.519. The number of aryl methyl sites for hydroxylation is 1. The number of hydrogen-bond donors (Lipinski definition) is 1. The number of anilines is 1. The van der Waals surface area contributed by atoms with Crippen LogP contribution < -0.4 is 10.9 Å². The minimum absolute atomic E-state index is 0.0000489. The van der Waals surface area contributed by atoms with Gasteiger partial charge in [-0.2, -0.15) is 4.98 Å². The van der Waals surface area contributed by atoms with Gasteiger partial charge in [0.2, 0.25) is 16.0 Å². The molecule has 3 aromatic rings. The molecule has 0 radical (unpaired) electrons. The van der Waals surface area contributed by atoms with Gasteiger partial charge >= 0.3 is 0 Å².